The minimum atomic E-state index is -0.673. The van der Waals surface area contributed by atoms with Gasteiger partial charge in [-0.3, -0.25) is 5.32 Å². The molecule has 9 heteroatoms. The molecule has 1 aliphatic heterocycles. The van der Waals surface area contributed by atoms with Crippen LogP contribution in [0.15, 0.2) is 28.8 Å². The number of hydrogen-bond donors (Lipinski definition) is 3. The lowest BCUT2D eigenvalue weighted by Gasteiger charge is -2.25. The molecule has 1 saturated carbocycles. The summed E-state index contributed by atoms with van der Waals surface area (Å²) in [6.45, 7) is 7.18. The van der Waals surface area contributed by atoms with Crippen LogP contribution in [0.5, 0.6) is 5.75 Å². The predicted molar refractivity (Wildman–Crippen MR) is 137 cm³/mol. The van der Waals surface area contributed by atoms with Crippen molar-refractivity contribution in [1.29, 1.82) is 0 Å². The number of hydrogen-bond acceptors (Lipinski definition) is 9. The monoisotopic (exact) mass is 493 g/mol. The first kappa shape index (κ1) is 24.7. The Kier molecular flexibility index (Phi) is 7.22. The lowest BCUT2D eigenvalue weighted by Crippen LogP contribution is -2.40. The molecule has 9 nitrogen and oxygen atoms in total. The summed E-state index contributed by atoms with van der Waals surface area (Å²) in [5.74, 6) is 3.23. The average molecular weight is 494 g/mol. The second kappa shape index (κ2) is 10.5. The molecule has 2 fully saturated rings. The summed E-state index contributed by atoms with van der Waals surface area (Å²) in [6.07, 6.45) is 2.91. The van der Waals surface area contributed by atoms with E-state index in [1.54, 1.807) is 14.0 Å². The van der Waals surface area contributed by atoms with Crippen LogP contribution in [0.3, 0.4) is 0 Å². The normalized spacial score (nSPS) is 18.1. The van der Waals surface area contributed by atoms with Crippen LogP contribution in [-0.2, 0) is 4.74 Å². The fourth-order valence-corrected chi connectivity index (χ4v) is 4.63. The number of nitrogens with one attached hydrogen (secondary N) is 2. The Morgan fingerprint density at radius 2 is 1.89 bits per heavy atom. The number of aryl methyl sites for hydroxylation is 1. The molecular formula is C27H35N5O4. The van der Waals surface area contributed by atoms with Gasteiger partial charge >= 0.3 is 0 Å². The highest BCUT2D eigenvalue weighted by Gasteiger charge is 2.33. The van der Waals surface area contributed by atoms with Gasteiger partial charge in [-0.2, -0.15) is 0 Å². The molecule has 3 aromatic rings. The van der Waals surface area contributed by atoms with Gasteiger partial charge in [0.05, 0.1) is 17.0 Å². The van der Waals surface area contributed by atoms with Crippen LogP contribution < -0.4 is 15.4 Å². The van der Waals surface area contributed by atoms with E-state index in [0.29, 0.717) is 17.5 Å². The van der Waals surface area contributed by atoms with Gasteiger partial charge < -0.3 is 24.4 Å². The molecule has 5 rings (SSSR count). The van der Waals surface area contributed by atoms with Crippen molar-refractivity contribution in [3.05, 3.63) is 41.3 Å². The first-order valence-corrected chi connectivity index (χ1v) is 12.8. The van der Waals surface area contributed by atoms with Crippen molar-refractivity contribution >= 4 is 5.82 Å². The Morgan fingerprint density at radius 1 is 1.11 bits per heavy atom. The number of aliphatic hydroxyl groups excluding tert-OH is 1. The van der Waals surface area contributed by atoms with Crippen molar-refractivity contribution in [1.82, 2.24) is 20.4 Å². The summed E-state index contributed by atoms with van der Waals surface area (Å²) in [7, 11) is 1.75. The number of nitrogens with zero attached hydrogens (tertiary/aromatic N) is 3. The molecular weight excluding hydrogens is 458 g/mol. The maximum Gasteiger partial charge on any atom is 0.175 e. The van der Waals surface area contributed by atoms with E-state index in [4.69, 9.17) is 24.0 Å². The molecule has 2 aliphatic rings. The van der Waals surface area contributed by atoms with Crippen molar-refractivity contribution in [3.8, 4) is 28.4 Å². The maximum atomic E-state index is 9.98. The van der Waals surface area contributed by atoms with E-state index in [0.717, 1.165) is 78.6 Å². The molecule has 3 heterocycles. The van der Waals surface area contributed by atoms with Crippen LogP contribution >= 0.6 is 0 Å². The SMILES string of the molecule is CNC(Oc1cccc(-c2nc(NC3CCOCC3)c(C)c(-c3c(C4CC4)noc3C)n2)c1)C(C)O. The lowest BCUT2D eigenvalue weighted by molar-refractivity contribution is 0.0321. The number of likely N-dealkylation sites (N-methyl/N-ethyl adjacent to an activating group) is 1. The number of aromatic nitrogens is 3. The zero-order valence-electron chi connectivity index (χ0n) is 21.4. The van der Waals surface area contributed by atoms with E-state index < -0.39 is 12.3 Å². The van der Waals surface area contributed by atoms with Crippen molar-refractivity contribution in [3.63, 3.8) is 0 Å². The van der Waals surface area contributed by atoms with Crippen LogP contribution in [0, 0.1) is 13.8 Å². The van der Waals surface area contributed by atoms with Gasteiger partial charge in [-0.15, -0.1) is 0 Å². The van der Waals surface area contributed by atoms with E-state index >= 15 is 0 Å². The third kappa shape index (κ3) is 5.23. The van der Waals surface area contributed by atoms with Crippen LogP contribution in [0.4, 0.5) is 5.82 Å². The predicted octanol–water partition coefficient (Wildman–Crippen LogP) is 4.19. The van der Waals surface area contributed by atoms with Gasteiger partial charge in [-0.05, 0) is 65.6 Å². The third-order valence-electron chi connectivity index (χ3n) is 6.88. The number of aliphatic hydroxyl groups is 1. The Labute approximate surface area is 211 Å². The fraction of sp³-hybridized carbons (Fsp3) is 0.519. The first-order valence-electron chi connectivity index (χ1n) is 12.8. The Balaban J connectivity index is 1.57. The summed E-state index contributed by atoms with van der Waals surface area (Å²) in [4.78, 5) is 10.0. The van der Waals surface area contributed by atoms with Crippen LogP contribution in [0.25, 0.3) is 22.6 Å². The molecule has 2 aromatic heterocycles. The highest BCUT2D eigenvalue weighted by atomic mass is 16.5. The van der Waals surface area contributed by atoms with Crippen molar-refractivity contribution in [2.24, 2.45) is 0 Å². The summed E-state index contributed by atoms with van der Waals surface area (Å²) < 4.78 is 17.2. The van der Waals surface area contributed by atoms with Crippen molar-refractivity contribution in [2.45, 2.75) is 70.7 Å². The van der Waals surface area contributed by atoms with Gasteiger partial charge in [0.25, 0.3) is 0 Å². The van der Waals surface area contributed by atoms with E-state index in [2.05, 4.69) is 22.7 Å². The molecule has 0 amide bonds. The second-order valence-corrected chi connectivity index (χ2v) is 9.77. The molecule has 1 aliphatic carbocycles. The zero-order valence-corrected chi connectivity index (χ0v) is 21.4. The number of benzene rings is 1. The van der Waals surface area contributed by atoms with Gasteiger partial charge in [0.15, 0.2) is 12.1 Å². The van der Waals surface area contributed by atoms with Gasteiger partial charge in [0.1, 0.15) is 23.4 Å². The Hall–Kier alpha value is -3.01. The fourth-order valence-electron chi connectivity index (χ4n) is 4.63. The number of rotatable bonds is 9. The molecule has 3 N–H and O–H groups in total. The first-order chi connectivity index (χ1) is 17.4. The topological polar surface area (TPSA) is 115 Å². The minimum Gasteiger partial charge on any atom is -0.473 e. The largest absolute Gasteiger partial charge is 0.473 e. The van der Waals surface area contributed by atoms with E-state index in [1.807, 2.05) is 31.2 Å². The molecule has 2 atom stereocenters. The van der Waals surface area contributed by atoms with Crippen LogP contribution in [0.1, 0.15) is 55.5 Å². The quantitative estimate of drug-likeness (QED) is 0.378. The van der Waals surface area contributed by atoms with Crippen molar-refractivity contribution < 1.29 is 19.1 Å². The standard InChI is InChI=1S/C27H35N5O4/c1-15-23(22-17(3)36-32-24(22)18-8-9-18)30-26(31-25(15)29-20-10-12-34-13-11-20)19-6-5-7-21(14-19)35-27(28-4)16(2)33/h5-7,14,16,18,20,27-28,33H,8-13H2,1-4H3,(H,29,30,31). The zero-order chi connectivity index (χ0) is 25.2. The van der Waals surface area contributed by atoms with E-state index in [1.165, 1.54) is 0 Å². The van der Waals surface area contributed by atoms with E-state index in [9.17, 15) is 5.11 Å². The molecule has 2 unspecified atom stereocenters. The summed E-state index contributed by atoms with van der Waals surface area (Å²) >= 11 is 0. The molecule has 192 valence electrons. The number of ether oxygens (including phenoxy) is 2. The molecule has 1 saturated heterocycles. The Bertz CT molecular complexity index is 1200. The highest BCUT2D eigenvalue weighted by Crippen LogP contribution is 2.45. The number of anilines is 1. The molecule has 0 spiro atoms. The van der Waals surface area contributed by atoms with Crippen LogP contribution in [0.2, 0.25) is 0 Å². The van der Waals surface area contributed by atoms with Gasteiger partial charge in [0.2, 0.25) is 0 Å². The molecule has 36 heavy (non-hydrogen) atoms. The smallest absolute Gasteiger partial charge is 0.175 e. The van der Waals surface area contributed by atoms with Gasteiger partial charge in [-0.25, -0.2) is 9.97 Å². The van der Waals surface area contributed by atoms with E-state index in [-0.39, 0.29) is 6.04 Å². The molecule has 0 bridgehead atoms. The van der Waals surface area contributed by atoms with Crippen molar-refractivity contribution in [2.75, 3.05) is 25.6 Å². The molecule has 1 aromatic carbocycles. The Morgan fingerprint density at radius 3 is 2.58 bits per heavy atom. The maximum absolute atomic E-state index is 9.98. The summed E-state index contributed by atoms with van der Waals surface area (Å²) in [5, 5.41) is 21.0. The van der Waals surface area contributed by atoms with Crippen LogP contribution in [-0.4, -0.2) is 58.9 Å². The minimum absolute atomic E-state index is 0.289. The summed E-state index contributed by atoms with van der Waals surface area (Å²) in [6, 6.07) is 7.94. The van der Waals surface area contributed by atoms with Gasteiger partial charge in [0, 0.05) is 36.3 Å². The summed E-state index contributed by atoms with van der Waals surface area (Å²) in [5.41, 5.74) is 4.62. The highest BCUT2D eigenvalue weighted by molar-refractivity contribution is 5.75. The average Bonchev–Trinajstić information content (AvgIpc) is 3.66. The lowest BCUT2D eigenvalue weighted by atomic mass is 10.0. The van der Waals surface area contributed by atoms with Gasteiger partial charge in [-0.1, -0.05) is 17.3 Å². The second-order valence-electron chi connectivity index (χ2n) is 9.77. The molecule has 0 radical (unpaired) electrons. The third-order valence-corrected chi connectivity index (χ3v) is 6.88.